The van der Waals surface area contributed by atoms with E-state index in [2.05, 4.69) is 175 Å². The highest BCUT2D eigenvalue weighted by molar-refractivity contribution is 6.11. The first kappa shape index (κ1) is 27.7. The summed E-state index contributed by atoms with van der Waals surface area (Å²) in [5.74, 6) is 1.08. The van der Waals surface area contributed by atoms with Crippen LogP contribution in [0.25, 0.3) is 71.6 Å². The summed E-state index contributed by atoms with van der Waals surface area (Å²) >= 11 is 0. The lowest BCUT2D eigenvalue weighted by molar-refractivity contribution is 0.802. The van der Waals surface area contributed by atoms with Crippen molar-refractivity contribution >= 4 is 32.6 Å². The van der Waals surface area contributed by atoms with Crippen LogP contribution in [-0.4, -0.2) is 9.55 Å². The Bertz CT molecular complexity index is 2810. The van der Waals surface area contributed by atoms with Gasteiger partial charge in [0.2, 0.25) is 0 Å². The third-order valence-electron chi connectivity index (χ3n) is 11.4. The van der Waals surface area contributed by atoms with E-state index in [1.54, 1.807) is 0 Å². The Kier molecular flexibility index (Phi) is 5.61. The molecule has 0 saturated carbocycles. The van der Waals surface area contributed by atoms with Gasteiger partial charge >= 0.3 is 0 Å². The van der Waals surface area contributed by atoms with E-state index in [0.29, 0.717) is 0 Å². The monoisotopic (exact) mass is 636 g/mol. The Labute approximate surface area is 290 Å². The Balaban J connectivity index is 1.13. The number of imidazole rings is 1. The van der Waals surface area contributed by atoms with Crippen molar-refractivity contribution in [3.05, 3.63) is 192 Å². The number of para-hydroxylation sites is 2. The average Bonchev–Trinajstić information content (AvgIpc) is 3.82. The molecule has 0 fully saturated rings. The van der Waals surface area contributed by atoms with Gasteiger partial charge in [0.25, 0.3) is 0 Å². The minimum Gasteiger partial charge on any atom is -0.296 e. The maximum absolute atomic E-state index is 4.90. The molecule has 1 heterocycles. The van der Waals surface area contributed by atoms with Crippen LogP contribution >= 0.6 is 0 Å². The van der Waals surface area contributed by atoms with Crippen molar-refractivity contribution in [3.63, 3.8) is 0 Å². The van der Waals surface area contributed by atoms with E-state index in [1.807, 2.05) is 0 Å². The molecule has 0 aliphatic heterocycles. The molecule has 0 unspecified atom stereocenters. The molecule has 8 aromatic carbocycles. The molecule has 1 spiro atoms. The molecular weight excluding hydrogens is 605 g/mol. The highest BCUT2D eigenvalue weighted by atomic mass is 15.1. The largest absolute Gasteiger partial charge is 0.296 e. The van der Waals surface area contributed by atoms with E-state index < -0.39 is 5.41 Å². The Morgan fingerprint density at radius 2 is 1.20 bits per heavy atom. The van der Waals surface area contributed by atoms with Crippen LogP contribution in [-0.2, 0) is 11.8 Å². The van der Waals surface area contributed by atoms with Crippen LogP contribution in [0.3, 0.4) is 0 Å². The lowest BCUT2D eigenvalue weighted by Crippen LogP contribution is -2.26. The van der Waals surface area contributed by atoms with Crippen LogP contribution in [0.2, 0.25) is 0 Å². The third kappa shape index (κ3) is 3.50. The molecule has 2 heteroatoms. The maximum atomic E-state index is 4.90. The summed E-state index contributed by atoms with van der Waals surface area (Å²) < 4.78 is 2.29. The topological polar surface area (TPSA) is 17.8 Å². The number of hydrogen-bond acceptors (Lipinski definition) is 1. The molecule has 0 bridgehead atoms. The molecule has 0 amide bonds. The highest BCUT2D eigenvalue weighted by Gasteiger charge is 2.52. The normalized spacial score (nSPS) is 13.5. The summed E-state index contributed by atoms with van der Waals surface area (Å²) in [6.45, 7) is 2.17. The number of nitrogens with zero attached hydrogens (tertiary/aromatic N) is 2. The molecule has 11 rings (SSSR count). The molecule has 0 radical (unpaired) electrons. The first-order chi connectivity index (χ1) is 24.8. The lowest BCUT2D eigenvalue weighted by Gasteiger charge is -2.31. The second-order valence-corrected chi connectivity index (χ2v) is 13.7. The predicted molar refractivity (Wildman–Crippen MR) is 207 cm³/mol. The summed E-state index contributed by atoms with van der Waals surface area (Å²) in [7, 11) is 0. The number of aryl methyl sites for hydroxylation is 1. The smallest absolute Gasteiger partial charge is 0.114 e. The molecule has 50 heavy (non-hydrogen) atoms. The molecule has 9 aromatic rings. The zero-order valence-electron chi connectivity index (χ0n) is 27.7. The van der Waals surface area contributed by atoms with E-state index in [9.17, 15) is 0 Å². The molecule has 0 atom stereocenters. The SMILES string of the molecule is CCc1nc2ccccc2n1-c1ccc(-c2ccc3c4c(ccc3c2)-c2c(ccc3ccccc23)C42c3ccccc3-c3ccccc32)cc1. The molecule has 234 valence electrons. The fourth-order valence-electron chi connectivity index (χ4n) is 9.33. The molecule has 2 aliphatic rings. The quantitative estimate of drug-likeness (QED) is 0.189. The second-order valence-electron chi connectivity index (χ2n) is 13.7. The van der Waals surface area contributed by atoms with E-state index in [4.69, 9.17) is 4.98 Å². The lowest BCUT2D eigenvalue weighted by atomic mass is 9.69. The van der Waals surface area contributed by atoms with Gasteiger partial charge in [0.15, 0.2) is 0 Å². The summed E-state index contributed by atoms with van der Waals surface area (Å²) in [5, 5.41) is 5.17. The Morgan fingerprint density at radius 1 is 0.520 bits per heavy atom. The van der Waals surface area contributed by atoms with Gasteiger partial charge in [-0.15, -0.1) is 0 Å². The van der Waals surface area contributed by atoms with Gasteiger partial charge in [0.05, 0.1) is 16.4 Å². The van der Waals surface area contributed by atoms with Crippen molar-refractivity contribution in [1.82, 2.24) is 9.55 Å². The summed E-state index contributed by atoms with van der Waals surface area (Å²) in [4.78, 5) is 4.90. The van der Waals surface area contributed by atoms with E-state index in [1.165, 1.54) is 77.2 Å². The van der Waals surface area contributed by atoms with Gasteiger partial charge in [-0.1, -0.05) is 140 Å². The zero-order valence-corrected chi connectivity index (χ0v) is 27.7. The van der Waals surface area contributed by atoms with Crippen LogP contribution in [0.4, 0.5) is 0 Å². The fraction of sp³-hybridized carbons (Fsp3) is 0.0625. The van der Waals surface area contributed by atoms with Crippen LogP contribution in [0.1, 0.15) is 35.0 Å². The second kappa shape index (κ2) is 10.1. The van der Waals surface area contributed by atoms with Crippen molar-refractivity contribution < 1.29 is 0 Å². The number of benzene rings is 8. The minimum atomic E-state index is -0.394. The van der Waals surface area contributed by atoms with Gasteiger partial charge in [-0.25, -0.2) is 4.98 Å². The van der Waals surface area contributed by atoms with Crippen LogP contribution in [0.5, 0.6) is 0 Å². The summed E-state index contributed by atoms with van der Waals surface area (Å²) in [6, 6.07) is 61.0. The van der Waals surface area contributed by atoms with Gasteiger partial charge in [-0.05, 0) is 108 Å². The molecule has 0 saturated heterocycles. The zero-order chi connectivity index (χ0) is 33.0. The van der Waals surface area contributed by atoms with Gasteiger partial charge < -0.3 is 0 Å². The van der Waals surface area contributed by atoms with Gasteiger partial charge in [-0.3, -0.25) is 4.57 Å². The molecule has 2 aliphatic carbocycles. The van der Waals surface area contributed by atoms with Gasteiger partial charge in [-0.2, -0.15) is 0 Å². The molecule has 0 N–H and O–H groups in total. The minimum absolute atomic E-state index is 0.394. The van der Waals surface area contributed by atoms with E-state index in [-0.39, 0.29) is 0 Å². The molecule has 2 nitrogen and oxygen atoms in total. The van der Waals surface area contributed by atoms with Crippen LogP contribution in [0.15, 0.2) is 164 Å². The maximum Gasteiger partial charge on any atom is 0.114 e. The van der Waals surface area contributed by atoms with Crippen molar-refractivity contribution in [1.29, 1.82) is 0 Å². The fourth-order valence-corrected chi connectivity index (χ4v) is 9.33. The van der Waals surface area contributed by atoms with Gasteiger partial charge in [0, 0.05) is 12.1 Å². The summed E-state index contributed by atoms with van der Waals surface area (Å²) in [6.07, 6.45) is 0.877. The Morgan fingerprint density at radius 3 is 2.00 bits per heavy atom. The number of hydrogen-bond donors (Lipinski definition) is 0. The van der Waals surface area contributed by atoms with Crippen LogP contribution in [0, 0.1) is 0 Å². The first-order valence-electron chi connectivity index (χ1n) is 17.6. The Hall–Kier alpha value is -6.25. The standard InChI is InChI=1S/C48H32N2/c1-2-45-49-43-17-9-10-18-44(43)50(45)34-24-19-30(20-25-34)32-21-26-36-33(29-32)22-27-39-46-35-12-4-3-11-31(35)23-28-42(46)48(47(36)39)40-15-7-5-13-37(40)38-14-6-8-16-41(38)48/h3-29H,2H2,1H3. The number of rotatable bonds is 3. The summed E-state index contributed by atoms with van der Waals surface area (Å²) in [5.41, 5.74) is 16.3. The van der Waals surface area contributed by atoms with E-state index >= 15 is 0 Å². The first-order valence-corrected chi connectivity index (χ1v) is 17.6. The van der Waals surface area contributed by atoms with E-state index in [0.717, 1.165) is 29.0 Å². The number of aromatic nitrogens is 2. The predicted octanol–water partition coefficient (Wildman–Crippen LogP) is 11.9. The van der Waals surface area contributed by atoms with Crippen molar-refractivity contribution in [2.24, 2.45) is 0 Å². The van der Waals surface area contributed by atoms with Crippen molar-refractivity contribution in [3.8, 4) is 39.1 Å². The van der Waals surface area contributed by atoms with Crippen molar-refractivity contribution in [2.75, 3.05) is 0 Å². The highest BCUT2D eigenvalue weighted by Crippen LogP contribution is 2.65. The van der Waals surface area contributed by atoms with Crippen LogP contribution < -0.4 is 0 Å². The van der Waals surface area contributed by atoms with Crippen molar-refractivity contribution in [2.45, 2.75) is 18.8 Å². The third-order valence-corrected chi connectivity index (χ3v) is 11.4. The molecular formula is C48H32N2. The average molecular weight is 637 g/mol. The van der Waals surface area contributed by atoms with Gasteiger partial charge in [0.1, 0.15) is 5.82 Å². The molecule has 1 aromatic heterocycles. The number of fused-ring (bicyclic) bond motifs is 15.